The Morgan fingerprint density at radius 2 is 1.40 bits per heavy atom. The van der Waals surface area contributed by atoms with Gasteiger partial charge in [-0.25, -0.2) is 4.98 Å². The van der Waals surface area contributed by atoms with E-state index in [0.29, 0.717) is 0 Å². The van der Waals surface area contributed by atoms with E-state index in [2.05, 4.69) is 80.4 Å². The van der Waals surface area contributed by atoms with Crippen LogP contribution in [0.1, 0.15) is 93.6 Å². The van der Waals surface area contributed by atoms with E-state index in [9.17, 15) is 9.90 Å². The molecule has 5 nitrogen and oxygen atoms in total. The summed E-state index contributed by atoms with van der Waals surface area (Å²) in [6, 6.07) is 26.5. The Labute approximate surface area is 310 Å². The molecule has 0 spiro atoms. The molecule has 0 amide bonds. The van der Waals surface area contributed by atoms with Gasteiger partial charge in [0.05, 0.1) is 0 Å². The number of hydrogen-bond acceptors (Lipinski definition) is 5. The van der Waals surface area contributed by atoms with Crippen molar-refractivity contribution in [2.45, 2.75) is 94.4 Å². The molecule has 0 saturated carbocycles. The van der Waals surface area contributed by atoms with Gasteiger partial charge in [0.15, 0.2) is 5.78 Å². The number of nitrogens with zero attached hydrogens (tertiary/aromatic N) is 2. The van der Waals surface area contributed by atoms with Gasteiger partial charge in [-0.3, -0.25) is 9.78 Å². The molecule has 0 bridgehead atoms. The van der Waals surface area contributed by atoms with Gasteiger partial charge in [-0.1, -0.05) is 122 Å². The number of ketones is 1. The van der Waals surface area contributed by atoms with Crippen LogP contribution in [0.5, 0.6) is 0 Å². The molecule has 2 heterocycles. The van der Waals surface area contributed by atoms with Crippen LogP contribution in [-0.4, -0.2) is 20.9 Å². The van der Waals surface area contributed by atoms with Crippen molar-refractivity contribution >= 4 is 49.4 Å². The summed E-state index contributed by atoms with van der Waals surface area (Å²) in [5.74, 6) is 0.286. The molecule has 0 atom stereocenters. The topological polar surface area (TPSA) is 76.2 Å². The summed E-state index contributed by atoms with van der Waals surface area (Å²) >= 11 is 0. The zero-order chi connectivity index (χ0) is 35.6. The van der Waals surface area contributed by atoms with E-state index in [0.717, 1.165) is 81.6 Å². The van der Waals surface area contributed by atoms with E-state index >= 15 is 0 Å². The molecule has 6 aromatic rings. The Morgan fingerprint density at radius 3 is 2.02 bits per heavy atom. The number of carbonyl (C=O) groups excluding carboxylic acids is 1. The second kappa shape index (κ2) is 15.6. The van der Waals surface area contributed by atoms with Gasteiger partial charge in [0, 0.05) is 53.5 Å². The first-order chi connectivity index (χ1) is 23.3. The monoisotopic (exact) mass is 848 g/mol. The van der Waals surface area contributed by atoms with E-state index in [1.54, 1.807) is 6.33 Å². The molecule has 2 aromatic heterocycles. The number of benzene rings is 4. The SMILES string of the molecule is CC(C)(C)Cc1cc2ccccc2c2oc3c(-c4[c-]cc5ccccc5c4)ncnc3c12.CCC(C)(CC)C(=O)/C=C(\O)C(C)(CC)CC.[Ir]. The van der Waals surface area contributed by atoms with Gasteiger partial charge < -0.3 is 9.52 Å². The zero-order valence-corrected chi connectivity index (χ0v) is 33.4. The Bertz CT molecular complexity index is 2150. The molecule has 265 valence electrons. The fraction of sp³-hybridized carbons (Fsp3) is 0.386. The van der Waals surface area contributed by atoms with Gasteiger partial charge in [0.1, 0.15) is 28.8 Å². The van der Waals surface area contributed by atoms with Gasteiger partial charge in [0.25, 0.3) is 0 Å². The fourth-order valence-corrected chi connectivity index (χ4v) is 6.34. The van der Waals surface area contributed by atoms with Gasteiger partial charge in [0.2, 0.25) is 0 Å². The molecule has 0 unspecified atom stereocenters. The average molecular weight is 848 g/mol. The summed E-state index contributed by atoms with van der Waals surface area (Å²) in [4.78, 5) is 21.5. The Balaban J connectivity index is 0.000000269. The number of fused-ring (bicyclic) bond motifs is 6. The number of aromatic nitrogens is 2. The summed E-state index contributed by atoms with van der Waals surface area (Å²) < 4.78 is 6.57. The van der Waals surface area contributed by atoms with Crippen molar-refractivity contribution in [3.8, 4) is 11.3 Å². The molecule has 1 N–H and O–H groups in total. The van der Waals surface area contributed by atoms with Crippen molar-refractivity contribution in [2.75, 3.05) is 0 Å². The minimum atomic E-state index is -0.337. The van der Waals surface area contributed by atoms with Gasteiger partial charge in [-0.2, -0.15) is 0 Å². The Kier molecular flexibility index (Phi) is 12.1. The van der Waals surface area contributed by atoms with Crippen molar-refractivity contribution in [1.29, 1.82) is 0 Å². The molecule has 6 heteroatoms. The number of rotatable bonds is 9. The quantitative estimate of drug-likeness (QED) is 0.0891. The van der Waals surface area contributed by atoms with Crippen LogP contribution in [-0.2, 0) is 31.3 Å². The third kappa shape index (κ3) is 7.87. The van der Waals surface area contributed by atoms with E-state index < -0.39 is 0 Å². The van der Waals surface area contributed by atoms with Gasteiger partial charge in [-0.05, 0) is 48.5 Å². The number of furan rings is 1. The van der Waals surface area contributed by atoms with Crippen LogP contribution in [0.2, 0.25) is 0 Å². The third-order valence-corrected chi connectivity index (χ3v) is 10.6. The minimum Gasteiger partial charge on any atom is -0.512 e. The van der Waals surface area contributed by atoms with Crippen LogP contribution in [0.4, 0.5) is 0 Å². The van der Waals surface area contributed by atoms with Crippen molar-refractivity contribution in [1.82, 2.24) is 9.97 Å². The fourth-order valence-electron chi connectivity index (χ4n) is 6.34. The van der Waals surface area contributed by atoms with Crippen molar-refractivity contribution < 1.29 is 34.4 Å². The standard InChI is InChI=1S/C29H23N2O.C15H28O2.Ir/c1-29(2,3)16-22-15-20-10-6-7-11-23(20)27-24(22)26-28(32-27)25(30-17-31-26)21-13-12-18-8-4-5-9-19(18)14-21;1-7-14(5,8-2)12(16)11-13(17)15(6,9-3)10-4;/h4-12,14-15,17H,16H2,1-3H3;11,16H,7-10H2,1-6H3;/q-1;;/b;12-11-;. The first-order valence-electron chi connectivity index (χ1n) is 17.7. The van der Waals surface area contributed by atoms with E-state index in [1.165, 1.54) is 17.0 Å². The predicted octanol–water partition coefficient (Wildman–Crippen LogP) is 12.4. The summed E-state index contributed by atoms with van der Waals surface area (Å²) in [6.07, 6.45) is 7.33. The molecule has 0 aliphatic heterocycles. The second-order valence-corrected chi connectivity index (χ2v) is 15.1. The van der Waals surface area contributed by atoms with Crippen LogP contribution >= 0.6 is 0 Å². The summed E-state index contributed by atoms with van der Waals surface area (Å²) in [6.45, 7) is 18.9. The molecule has 4 aromatic carbocycles. The summed E-state index contributed by atoms with van der Waals surface area (Å²) in [5, 5.41) is 15.8. The van der Waals surface area contributed by atoms with Crippen LogP contribution < -0.4 is 0 Å². The van der Waals surface area contributed by atoms with E-state index in [1.807, 2.05) is 59.7 Å². The number of aliphatic hydroxyl groups is 1. The molecule has 0 fully saturated rings. The first kappa shape index (κ1) is 38.9. The predicted molar refractivity (Wildman–Crippen MR) is 205 cm³/mol. The summed E-state index contributed by atoms with van der Waals surface area (Å²) in [7, 11) is 0. The largest absolute Gasteiger partial charge is 0.512 e. The molecule has 1 radical (unpaired) electrons. The van der Waals surface area contributed by atoms with E-state index in [4.69, 9.17) is 9.40 Å². The number of carbonyl (C=O) groups is 1. The maximum absolute atomic E-state index is 12.2. The maximum Gasteiger partial charge on any atom is 0.164 e. The molecular weight excluding hydrogens is 797 g/mol. The third-order valence-electron chi connectivity index (χ3n) is 10.6. The van der Waals surface area contributed by atoms with Gasteiger partial charge in [-0.15, -0.1) is 29.1 Å². The Hall–Kier alpha value is -3.86. The number of allylic oxidation sites excluding steroid dienone is 2. The van der Waals surface area contributed by atoms with Gasteiger partial charge >= 0.3 is 0 Å². The molecular formula is C44H51IrN2O3-. The zero-order valence-electron chi connectivity index (χ0n) is 31.0. The van der Waals surface area contributed by atoms with Crippen molar-refractivity contribution in [3.05, 3.63) is 96.5 Å². The van der Waals surface area contributed by atoms with Crippen molar-refractivity contribution in [2.24, 2.45) is 16.2 Å². The second-order valence-electron chi connectivity index (χ2n) is 15.1. The number of aliphatic hydroxyl groups excluding tert-OH is 1. The normalized spacial score (nSPS) is 12.6. The average Bonchev–Trinajstić information content (AvgIpc) is 3.51. The smallest absolute Gasteiger partial charge is 0.164 e. The van der Waals surface area contributed by atoms with Crippen LogP contribution in [0.3, 0.4) is 0 Å². The molecule has 0 aliphatic rings. The van der Waals surface area contributed by atoms with Crippen LogP contribution in [0.15, 0.2) is 89.3 Å². The van der Waals surface area contributed by atoms with Crippen molar-refractivity contribution in [3.63, 3.8) is 0 Å². The Morgan fingerprint density at radius 1 is 0.800 bits per heavy atom. The van der Waals surface area contributed by atoms with Crippen LogP contribution in [0.25, 0.3) is 54.9 Å². The first-order valence-corrected chi connectivity index (χ1v) is 17.7. The molecule has 50 heavy (non-hydrogen) atoms. The molecule has 0 saturated heterocycles. The number of hydrogen-bond donors (Lipinski definition) is 1. The summed E-state index contributed by atoms with van der Waals surface area (Å²) in [5.41, 5.74) is 4.98. The molecule has 0 aliphatic carbocycles. The molecule has 6 rings (SSSR count). The van der Waals surface area contributed by atoms with Crippen LogP contribution in [0, 0.1) is 22.3 Å². The van der Waals surface area contributed by atoms with E-state index in [-0.39, 0.29) is 47.9 Å². The maximum atomic E-state index is 12.2. The minimum absolute atomic E-state index is 0.